The SMILES string of the molecule is CC(C)Cc1cc(-c2[c-]cccc2)nc[c]1[Ge]([CH3])([CH3])[CH3].[C-]#[N+]c1ccccc1-c1ccc2c(c1)oc1c(-c3cc(C(C)C4CCCCC4)ccn3)[c-]ccc12.[Ir]. The second-order valence-electron chi connectivity index (χ2n) is 16.5. The number of fused-ring (bicyclic) bond motifs is 3. The zero-order chi connectivity index (χ0) is 38.5. The van der Waals surface area contributed by atoms with Gasteiger partial charge in [0.15, 0.2) is 5.69 Å². The summed E-state index contributed by atoms with van der Waals surface area (Å²) in [6.07, 6.45) is 11.9. The molecular formula is C50H51GeIrN3O-2. The van der Waals surface area contributed by atoms with E-state index in [0.29, 0.717) is 17.5 Å². The zero-order valence-corrected chi connectivity index (χ0v) is 37.9. The molecule has 0 saturated heterocycles. The molecule has 1 unspecified atom stereocenters. The van der Waals surface area contributed by atoms with Crippen LogP contribution in [0.15, 0.2) is 114 Å². The van der Waals surface area contributed by atoms with E-state index < -0.39 is 13.3 Å². The van der Waals surface area contributed by atoms with E-state index in [2.05, 4.69) is 104 Å². The van der Waals surface area contributed by atoms with E-state index in [0.717, 1.165) is 67.9 Å². The van der Waals surface area contributed by atoms with E-state index in [9.17, 15) is 0 Å². The Morgan fingerprint density at radius 3 is 2.34 bits per heavy atom. The van der Waals surface area contributed by atoms with Crippen molar-refractivity contribution < 1.29 is 24.5 Å². The Labute approximate surface area is 349 Å². The molecule has 0 aliphatic heterocycles. The van der Waals surface area contributed by atoms with Crippen molar-refractivity contribution in [3.05, 3.63) is 144 Å². The number of nitrogens with zero attached hydrogens (tertiary/aromatic N) is 3. The van der Waals surface area contributed by atoms with Crippen molar-refractivity contribution in [1.82, 2.24) is 9.97 Å². The Kier molecular flexibility index (Phi) is 13.5. The molecule has 4 aromatic carbocycles. The molecule has 287 valence electrons. The first-order valence-electron chi connectivity index (χ1n) is 19.9. The van der Waals surface area contributed by atoms with Gasteiger partial charge in [0, 0.05) is 31.7 Å². The molecule has 3 aromatic heterocycles. The summed E-state index contributed by atoms with van der Waals surface area (Å²) in [6.45, 7) is 14.4. The Morgan fingerprint density at radius 1 is 0.821 bits per heavy atom. The number of hydrogen-bond donors (Lipinski definition) is 0. The van der Waals surface area contributed by atoms with Crippen molar-refractivity contribution in [3.63, 3.8) is 0 Å². The van der Waals surface area contributed by atoms with Gasteiger partial charge in [0.05, 0.1) is 12.2 Å². The van der Waals surface area contributed by atoms with Gasteiger partial charge in [-0.3, -0.25) is 0 Å². The van der Waals surface area contributed by atoms with Crippen LogP contribution in [0.3, 0.4) is 0 Å². The quantitative estimate of drug-likeness (QED) is 0.113. The maximum absolute atomic E-state index is 7.51. The number of pyridine rings is 2. The van der Waals surface area contributed by atoms with Crippen LogP contribution in [0, 0.1) is 30.5 Å². The average molecular weight is 975 g/mol. The van der Waals surface area contributed by atoms with Crippen LogP contribution < -0.4 is 4.40 Å². The number of rotatable bonds is 8. The van der Waals surface area contributed by atoms with Crippen LogP contribution >= 0.6 is 0 Å². The predicted molar refractivity (Wildman–Crippen MR) is 233 cm³/mol. The molecule has 0 N–H and O–H groups in total. The molecule has 1 aliphatic carbocycles. The molecule has 6 heteroatoms. The molecule has 1 saturated carbocycles. The first kappa shape index (κ1) is 41.3. The fourth-order valence-corrected chi connectivity index (χ4v) is 11.5. The Bertz CT molecular complexity index is 2450. The summed E-state index contributed by atoms with van der Waals surface area (Å²) < 4.78 is 7.98. The predicted octanol–water partition coefficient (Wildman–Crippen LogP) is 13.6. The Hall–Kier alpha value is -4.34. The third-order valence-electron chi connectivity index (χ3n) is 11.1. The fraction of sp³-hybridized carbons (Fsp3) is 0.300. The third-order valence-corrected chi connectivity index (χ3v) is 15.4. The molecule has 4 nitrogen and oxygen atoms in total. The van der Waals surface area contributed by atoms with E-state index >= 15 is 0 Å². The Morgan fingerprint density at radius 2 is 1.61 bits per heavy atom. The molecule has 1 atom stereocenters. The van der Waals surface area contributed by atoms with Gasteiger partial charge in [-0.05, 0) is 53.6 Å². The van der Waals surface area contributed by atoms with Gasteiger partial charge in [-0.15, -0.1) is 18.2 Å². The van der Waals surface area contributed by atoms with Gasteiger partial charge in [0.1, 0.15) is 5.58 Å². The van der Waals surface area contributed by atoms with Gasteiger partial charge in [0.25, 0.3) is 0 Å². The molecule has 3 heterocycles. The van der Waals surface area contributed by atoms with E-state index in [4.69, 9.17) is 21.0 Å². The fourth-order valence-electron chi connectivity index (χ4n) is 8.17. The maximum Gasteiger partial charge on any atom is 0.194 e. The van der Waals surface area contributed by atoms with Crippen LogP contribution in [0.4, 0.5) is 5.69 Å². The molecule has 1 radical (unpaired) electrons. The minimum atomic E-state index is -1.86. The molecule has 56 heavy (non-hydrogen) atoms. The molecule has 8 rings (SSSR count). The first-order chi connectivity index (χ1) is 26.6. The van der Waals surface area contributed by atoms with E-state index in [1.807, 2.05) is 60.8 Å². The number of aromatic nitrogens is 2. The number of para-hydroxylation sites is 1. The number of hydrogen-bond acceptors (Lipinski definition) is 3. The third kappa shape index (κ3) is 9.27. The van der Waals surface area contributed by atoms with Crippen molar-refractivity contribution in [2.75, 3.05) is 0 Å². The smallest absolute Gasteiger partial charge is 0.194 e. The molecule has 7 aromatic rings. The van der Waals surface area contributed by atoms with Crippen LogP contribution in [-0.2, 0) is 26.5 Å². The van der Waals surface area contributed by atoms with Gasteiger partial charge < -0.3 is 9.40 Å². The van der Waals surface area contributed by atoms with Gasteiger partial charge in [-0.25, -0.2) is 4.85 Å². The van der Waals surface area contributed by atoms with Crippen LogP contribution in [0.25, 0.3) is 60.4 Å². The van der Waals surface area contributed by atoms with Crippen LogP contribution in [0.5, 0.6) is 0 Å². The minimum Gasteiger partial charge on any atom is -0.501 e. The number of benzene rings is 4. The largest absolute Gasteiger partial charge is 0.501 e. The molecule has 1 aliphatic rings. The van der Waals surface area contributed by atoms with Gasteiger partial charge in [-0.1, -0.05) is 85.2 Å². The molecular weight excluding hydrogens is 923 g/mol. The van der Waals surface area contributed by atoms with E-state index in [1.165, 1.54) is 43.2 Å². The molecule has 0 spiro atoms. The summed E-state index contributed by atoms with van der Waals surface area (Å²) in [4.78, 5) is 13.1. The monoisotopic (exact) mass is 976 g/mol. The van der Waals surface area contributed by atoms with Crippen molar-refractivity contribution in [1.29, 1.82) is 0 Å². The van der Waals surface area contributed by atoms with Crippen molar-refractivity contribution in [2.45, 2.75) is 82.5 Å². The van der Waals surface area contributed by atoms with Gasteiger partial charge in [-0.2, -0.15) is 0 Å². The number of furan rings is 1. The summed E-state index contributed by atoms with van der Waals surface area (Å²) in [5.74, 6) is 9.27. The van der Waals surface area contributed by atoms with Crippen molar-refractivity contribution in [3.8, 4) is 33.6 Å². The minimum absolute atomic E-state index is 0. The van der Waals surface area contributed by atoms with Crippen LogP contribution in [-0.4, -0.2) is 23.2 Å². The molecule has 0 amide bonds. The zero-order valence-electron chi connectivity index (χ0n) is 33.5. The van der Waals surface area contributed by atoms with Crippen molar-refractivity contribution in [2.24, 2.45) is 11.8 Å². The summed E-state index contributed by atoms with van der Waals surface area (Å²) >= 11 is -1.86. The topological polar surface area (TPSA) is 43.3 Å². The van der Waals surface area contributed by atoms with E-state index in [1.54, 1.807) is 4.40 Å². The summed E-state index contributed by atoms with van der Waals surface area (Å²) in [5, 5.41) is 2.12. The van der Waals surface area contributed by atoms with Gasteiger partial charge >= 0.3 is 126 Å². The summed E-state index contributed by atoms with van der Waals surface area (Å²) in [6, 6.07) is 39.4. The standard InChI is InChI=1S/C32H27N2O.C18H24GeN.Ir/c1-21(22-9-4-3-5-10-22)23-17-18-34-30(19-23)28-13-8-12-27-26-16-15-24(20-31(26)35-32(27)28)25-11-6-7-14-29(25)33-2;1-14(2)11-16-12-18(15-9-7-6-8-10-15)20-13-17(16)19(3,4)5;/h6-8,11-12,14-22H,3-5,9-10H2,1H3;6-9,12-14H,11H2,1-5H3;/q2*-1;. The summed E-state index contributed by atoms with van der Waals surface area (Å²) in [7, 11) is 0. The van der Waals surface area contributed by atoms with Gasteiger partial charge in [0.2, 0.25) is 0 Å². The normalized spacial score (nSPS) is 13.8. The Balaban J connectivity index is 0.000000217. The molecule has 0 bridgehead atoms. The maximum atomic E-state index is 7.51. The van der Waals surface area contributed by atoms with E-state index in [-0.39, 0.29) is 20.1 Å². The average Bonchev–Trinajstić information content (AvgIpc) is 3.59. The second kappa shape index (κ2) is 18.3. The van der Waals surface area contributed by atoms with Crippen LogP contribution in [0.1, 0.15) is 69.9 Å². The van der Waals surface area contributed by atoms with Crippen LogP contribution in [0.2, 0.25) is 17.3 Å². The second-order valence-corrected chi connectivity index (χ2v) is 27.1. The molecule has 1 fully saturated rings. The summed E-state index contributed by atoms with van der Waals surface area (Å²) in [5.41, 5.74) is 11.0. The van der Waals surface area contributed by atoms with Crippen molar-refractivity contribution >= 4 is 45.3 Å². The first-order valence-corrected chi connectivity index (χ1v) is 27.2.